The van der Waals surface area contributed by atoms with Crippen LogP contribution in [0.2, 0.25) is 0 Å². The number of aromatic nitrogens is 1. The summed E-state index contributed by atoms with van der Waals surface area (Å²) in [4.78, 5) is 2.95. The molecular formula is C9H9NOS2. The lowest BCUT2D eigenvalue weighted by molar-refractivity contribution is 0.341. The number of thiazole rings is 1. The molecule has 2 aromatic rings. The van der Waals surface area contributed by atoms with Gasteiger partial charge in [0.05, 0.1) is 19.5 Å². The van der Waals surface area contributed by atoms with Crippen LogP contribution in [0.1, 0.15) is 13.7 Å². The molecule has 2 rings (SSSR count). The number of fused-ring (bicyclic) bond motifs is 1. The lowest BCUT2D eigenvalue weighted by Crippen LogP contribution is -1.89. The molecule has 0 atom stereocenters. The summed E-state index contributed by atoms with van der Waals surface area (Å²) in [5.74, 6) is 0.161. The van der Waals surface area contributed by atoms with Crippen molar-refractivity contribution in [2.45, 2.75) is 6.85 Å². The average molecular weight is 216 g/mol. The number of rotatable bonds is 2. The van der Waals surface area contributed by atoms with Crippen LogP contribution in [-0.2, 0) is 0 Å². The fraction of sp³-hybridized carbons (Fsp3) is 0.222. The quantitative estimate of drug-likeness (QED) is 0.779. The van der Waals surface area contributed by atoms with E-state index in [9.17, 15) is 0 Å². The van der Waals surface area contributed by atoms with Crippen LogP contribution in [0.15, 0.2) is 18.2 Å². The van der Waals surface area contributed by atoms with E-state index in [2.05, 4.69) is 4.98 Å². The first-order chi connectivity index (χ1) is 8.19. The molecule has 0 saturated carbocycles. The first-order valence-electron chi connectivity index (χ1n) is 6.01. The fourth-order valence-corrected chi connectivity index (χ4v) is 2.19. The molecule has 13 heavy (non-hydrogen) atoms. The highest BCUT2D eigenvalue weighted by Gasteiger charge is 1.98. The minimum atomic E-state index is -2.84. The van der Waals surface area contributed by atoms with Crippen molar-refractivity contribution in [3.8, 4) is 5.75 Å². The van der Waals surface area contributed by atoms with Gasteiger partial charge in [0.1, 0.15) is 5.75 Å². The number of aromatic amines is 1. The molecule has 1 aromatic carbocycles. The van der Waals surface area contributed by atoms with Gasteiger partial charge in [0.2, 0.25) is 0 Å². The lowest BCUT2D eigenvalue weighted by Gasteiger charge is -2.00. The van der Waals surface area contributed by atoms with Gasteiger partial charge in [-0.15, -0.1) is 11.3 Å². The molecule has 0 radical (unpaired) electrons. The standard InChI is InChI=1S/C9H9NOS2/c1-2-11-6-3-4-7-8(5-6)13-9(12)10-7/h3-5H,2H2,1H3,(H,10,12)/i1D3,2D2. The van der Waals surface area contributed by atoms with Crippen LogP contribution in [0.25, 0.3) is 10.2 Å². The molecule has 0 spiro atoms. The Balaban J connectivity index is 2.35. The SMILES string of the molecule is [2H]C([2H])([2H])C([2H])([2H])Oc1ccc2[nH]c(=S)sc2c1. The Labute approximate surface area is 92.2 Å². The molecule has 0 bridgehead atoms. The molecule has 1 heterocycles. The van der Waals surface area contributed by atoms with Crippen molar-refractivity contribution in [3.05, 3.63) is 22.2 Å². The highest BCUT2D eigenvalue weighted by molar-refractivity contribution is 7.73. The number of benzene rings is 1. The van der Waals surface area contributed by atoms with Gasteiger partial charge in [0, 0.05) is 4.11 Å². The maximum atomic E-state index is 7.39. The molecule has 0 amide bonds. The second-order valence-corrected chi connectivity index (χ2v) is 4.10. The molecule has 0 aliphatic carbocycles. The van der Waals surface area contributed by atoms with Gasteiger partial charge in [-0.3, -0.25) is 0 Å². The fourth-order valence-electron chi connectivity index (χ4n) is 1.05. The molecule has 1 aromatic heterocycles. The van der Waals surface area contributed by atoms with E-state index in [0.717, 1.165) is 10.2 Å². The van der Waals surface area contributed by atoms with E-state index in [1.807, 2.05) is 0 Å². The van der Waals surface area contributed by atoms with Crippen molar-refractivity contribution in [2.24, 2.45) is 0 Å². The first-order valence-corrected chi connectivity index (χ1v) is 4.73. The van der Waals surface area contributed by atoms with E-state index in [-0.39, 0.29) is 5.75 Å². The minimum absolute atomic E-state index is 0.161. The normalized spacial score (nSPS) is 18.3. The van der Waals surface area contributed by atoms with Crippen molar-refractivity contribution < 1.29 is 11.6 Å². The van der Waals surface area contributed by atoms with Crippen LogP contribution in [0.4, 0.5) is 0 Å². The number of hydrogen-bond donors (Lipinski definition) is 1. The van der Waals surface area contributed by atoms with Gasteiger partial charge in [-0.1, -0.05) is 0 Å². The van der Waals surface area contributed by atoms with E-state index >= 15 is 0 Å². The summed E-state index contributed by atoms with van der Waals surface area (Å²) in [5, 5.41) is 0. The van der Waals surface area contributed by atoms with Gasteiger partial charge in [-0.2, -0.15) is 0 Å². The third-order valence-corrected chi connectivity index (χ3v) is 2.76. The Morgan fingerprint density at radius 2 is 2.69 bits per heavy atom. The summed E-state index contributed by atoms with van der Waals surface area (Å²) in [5.41, 5.74) is 0.812. The van der Waals surface area contributed by atoms with Crippen LogP contribution in [0, 0.1) is 3.95 Å². The predicted molar refractivity (Wildman–Crippen MR) is 58.2 cm³/mol. The van der Waals surface area contributed by atoms with Crippen LogP contribution < -0.4 is 4.74 Å². The van der Waals surface area contributed by atoms with Crippen molar-refractivity contribution in [1.82, 2.24) is 4.98 Å². The zero-order valence-corrected chi connectivity index (χ0v) is 8.09. The molecule has 0 saturated heterocycles. The topological polar surface area (TPSA) is 25.0 Å². The van der Waals surface area contributed by atoms with Gasteiger partial charge in [-0.25, -0.2) is 0 Å². The van der Waals surface area contributed by atoms with Crippen molar-refractivity contribution in [1.29, 1.82) is 0 Å². The van der Waals surface area contributed by atoms with E-state index < -0.39 is 13.4 Å². The van der Waals surface area contributed by atoms with Gasteiger partial charge >= 0.3 is 0 Å². The van der Waals surface area contributed by atoms with Gasteiger partial charge < -0.3 is 9.72 Å². The largest absolute Gasteiger partial charge is 0.494 e. The average Bonchev–Trinajstić information content (AvgIpc) is 2.54. The molecule has 4 heteroatoms. The first kappa shape index (κ1) is 4.57. The molecule has 68 valence electrons. The van der Waals surface area contributed by atoms with E-state index in [0.29, 0.717) is 3.95 Å². The monoisotopic (exact) mass is 216 g/mol. The highest BCUT2D eigenvalue weighted by Crippen LogP contribution is 2.24. The van der Waals surface area contributed by atoms with Crippen molar-refractivity contribution in [2.75, 3.05) is 6.56 Å². The van der Waals surface area contributed by atoms with Crippen LogP contribution in [0.5, 0.6) is 5.75 Å². The Morgan fingerprint density at radius 3 is 3.54 bits per heavy atom. The van der Waals surface area contributed by atoms with Crippen LogP contribution in [-0.4, -0.2) is 11.5 Å². The van der Waals surface area contributed by atoms with Crippen LogP contribution in [0.3, 0.4) is 0 Å². The second kappa shape index (κ2) is 3.47. The van der Waals surface area contributed by atoms with Gasteiger partial charge in [0.25, 0.3) is 0 Å². The van der Waals surface area contributed by atoms with Gasteiger partial charge in [0.15, 0.2) is 3.95 Å². The summed E-state index contributed by atoms with van der Waals surface area (Å²) in [6, 6.07) is 4.74. The Hall–Kier alpha value is -0.870. The van der Waals surface area contributed by atoms with Crippen molar-refractivity contribution in [3.63, 3.8) is 0 Å². The zero-order chi connectivity index (χ0) is 13.6. The molecule has 1 N–H and O–H groups in total. The molecule has 0 fully saturated rings. The Kier molecular flexibility index (Phi) is 1.22. The third kappa shape index (κ3) is 1.73. The maximum absolute atomic E-state index is 7.39. The van der Waals surface area contributed by atoms with Gasteiger partial charge in [-0.05, 0) is 37.3 Å². The molecular weight excluding hydrogens is 202 g/mol. The van der Waals surface area contributed by atoms with E-state index in [4.69, 9.17) is 23.8 Å². The molecule has 2 nitrogen and oxygen atoms in total. The molecule has 0 aliphatic heterocycles. The minimum Gasteiger partial charge on any atom is -0.494 e. The summed E-state index contributed by atoms with van der Waals surface area (Å²) < 4.78 is 42.3. The summed E-state index contributed by atoms with van der Waals surface area (Å²) in [7, 11) is 0. The number of nitrogens with one attached hydrogen (secondary N) is 1. The third-order valence-electron chi connectivity index (χ3n) is 1.56. The molecule has 0 unspecified atom stereocenters. The number of hydrogen-bond acceptors (Lipinski definition) is 3. The summed E-state index contributed by atoms with van der Waals surface area (Å²) in [6.45, 7) is -5.56. The lowest BCUT2D eigenvalue weighted by atomic mass is 10.3. The molecule has 0 aliphatic rings. The zero-order valence-electron chi connectivity index (χ0n) is 11.5. The second-order valence-electron chi connectivity index (χ2n) is 2.38. The van der Waals surface area contributed by atoms with Crippen molar-refractivity contribution >= 4 is 33.8 Å². The Bertz CT molecular complexity index is 630. The smallest absolute Gasteiger partial charge is 0.159 e. The number of H-pyrrole nitrogens is 1. The van der Waals surface area contributed by atoms with E-state index in [1.54, 1.807) is 12.1 Å². The summed E-state index contributed by atoms with van der Waals surface area (Å²) in [6.07, 6.45) is 0. The highest BCUT2D eigenvalue weighted by atomic mass is 32.1. The predicted octanol–water partition coefficient (Wildman–Crippen LogP) is 3.36. The van der Waals surface area contributed by atoms with Crippen LogP contribution >= 0.6 is 23.6 Å². The Morgan fingerprint density at radius 1 is 1.77 bits per heavy atom. The van der Waals surface area contributed by atoms with E-state index in [1.165, 1.54) is 17.4 Å². The maximum Gasteiger partial charge on any atom is 0.159 e. The summed E-state index contributed by atoms with van der Waals surface area (Å²) >= 11 is 6.30. The number of ether oxygens (including phenoxy) is 1.